The van der Waals surface area contributed by atoms with Crippen molar-refractivity contribution in [3.05, 3.63) is 0 Å². The summed E-state index contributed by atoms with van der Waals surface area (Å²) in [7, 11) is 0. The van der Waals surface area contributed by atoms with Gasteiger partial charge in [0.25, 0.3) is 0 Å². The van der Waals surface area contributed by atoms with Gasteiger partial charge >= 0.3 is 195 Å². The van der Waals surface area contributed by atoms with Crippen LogP contribution < -0.4 is 0 Å². The van der Waals surface area contributed by atoms with Crippen LogP contribution in [0, 0.1) is 0 Å². The third kappa shape index (κ3) is 24.9. The molecule has 0 unspecified atom stereocenters. The van der Waals surface area contributed by atoms with Crippen molar-refractivity contribution in [2.24, 2.45) is 0 Å². The molecule has 1 heteroatoms. The molecule has 0 aliphatic heterocycles. The van der Waals surface area contributed by atoms with Crippen LogP contribution in [0.25, 0.3) is 0 Å². The van der Waals surface area contributed by atoms with Crippen LogP contribution in [0.2, 0.25) is 13.3 Å². The van der Waals surface area contributed by atoms with Crippen molar-refractivity contribution in [2.45, 2.75) is 175 Å². The minimum absolute atomic E-state index is 1.18. The van der Waals surface area contributed by atoms with E-state index in [1.165, 1.54) is 103 Å². The van der Waals surface area contributed by atoms with Gasteiger partial charge in [-0.2, -0.15) is 0 Å². The Bertz CT molecular complexity index is 259. The van der Waals surface area contributed by atoms with Gasteiger partial charge in [-0.3, -0.25) is 0 Å². The molecule has 0 nitrogen and oxygen atoms in total. The average Bonchev–Trinajstić information content (AvgIpc) is 2.73. The van der Waals surface area contributed by atoms with E-state index >= 15 is 0 Å². The Morgan fingerprint density at radius 3 is 0.724 bits per heavy atom. The van der Waals surface area contributed by atoms with Crippen molar-refractivity contribution < 1.29 is 0 Å². The summed E-state index contributed by atoms with van der Waals surface area (Å²) in [6, 6.07) is 0. The molecule has 29 heavy (non-hydrogen) atoms. The van der Waals surface area contributed by atoms with Crippen LogP contribution in [0.3, 0.4) is 0 Å². The molecule has 0 fully saturated rings. The van der Waals surface area contributed by atoms with Crippen LogP contribution in [0.5, 0.6) is 0 Å². The third-order valence-electron chi connectivity index (χ3n) is 6.90. The summed E-state index contributed by atoms with van der Waals surface area (Å²) in [5.41, 5.74) is 0. The standard InChI is InChI=1S/C12H25.2C8H17.Sn.H/c1-3-5-7-9-11-12-10-8-6-4-2;2*1-3-5-7-8-6-4-2;;/h1,3-12H2,2H3;2*1,3-8H2,2H3;;. The molecule has 0 radical (unpaired) electrons. The third-order valence-corrected chi connectivity index (χ3v) is 17.4. The second kappa shape index (κ2) is 26.8. The average molecular weight is 515 g/mol. The Morgan fingerprint density at radius 2 is 0.483 bits per heavy atom. The Hall–Kier alpha value is 0.799. The monoisotopic (exact) mass is 516 g/mol. The molecule has 0 aliphatic rings. The zero-order chi connectivity index (χ0) is 21.3. The van der Waals surface area contributed by atoms with Gasteiger partial charge in [-0.1, -0.05) is 0 Å². The van der Waals surface area contributed by atoms with Crippen LogP contribution in [0.4, 0.5) is 0 Å². The molecule has 0 N–H and O–H groups in total. The van der Waals surface area contributed by atoms with Crippen LogP contribution in [0.15, 0.2) is 0 Å². The van der Waals surface area contributed by atoms with Gasteiger partial charge in [0.05, 0.1) is 0 Å². The fourth-order valence-electron chi connectivity index (χ4n) is 4.78. The van der Waals surface area contributed by atoms with Gasteiger partial charge in [0.2, 0.25) is 0 Å². The molecule has 0 saturated heterocycles. The maximum atomic E-state index is 2.33. The van der Waals surface area contributed by atoms with Gasteiger partial charge in [-0.25, -0.2) is 0 Å². The van der Waals surface area contributed by atoms with E-state index in [1.54, 1.807) is 51.8 Å². The van der Waals surface area contributed by atoms with Crippen molar-refractivity contribution in [1.29, 1.82) is 0 Å². The molecular formula is C28H60Sn. The molecule has 0 aromatic heterocycles. The van der Waals surface area contributed by atoms with Crippen molar-refractivity contribution in [1.82, 2.24) is 0 Å². The summed E-state index contributed by atoms with van der Waals surface area (Å²) >= 11 is -1.18. The summed E-state index contributed by atoms with van der Waals surface area (Å²) in [6.45, 7) is 6.98. The number of unbranched alkanes of at least 4 members (excludes halogenated alkanes) is 19. The summed E-state index contributed by atoms with van der Waals surface area (Å²) in [5, 5.41) is 0. The first-order chi connectivity index (χ1) is 14.3. The molecule has 0 aromatic carbocycles. The van der Waals surface area contributed by atoms with E-state index in [0.717, 1.165) is 0 Å². The molecule has 0 heterocycles. The normalized spacial score (nSPS) is 11.6. The summed E-state index contributed by atoms with van der Waals surface area (Å²) in [6.07, 6.45) is 33.0. The van der Waals surface area contributed by atoms with Gasteiger partial charge in [0.1, 0.15) is 0 Å². The van der Waals surface area contributed by atoms with E-state index in [9.17, 15) is 0 Å². The van der Waals surface area contributed by atoms with Gasteiger partial charge < -0.3 is 0 Å². The van der Waals surface area contributed by atoms with Gasteiger partial charge in [-0.05, 0) is 0 Å². The van der Waals surface area contributed by atoms with Crippen LogP contribution in [-0.2, 0) is 0 Å². The first-order valence-corrected chi connectivity index (χ1v) is 21.3. The van der Waals surface area contributed by atoms with Crippen molar-refractivity contribution in [3.63, 3.8) is 0 Å². The zero-order valence-electron chi connectivity index (χ0n) is 21.3. The van der Waals surface area contributed by atoms with E-state index in [-0.39, 0.29) is 0 Å². The molecule has 0 rings (SSSR count). The summed E-state index contributed by atoms with van der Waals surface area (Å²) in [4.78, 5) is 0. The topological polar surface area (TPSA) is 0 Å². The first-order valence-electron chi connectivity index (χ1n) is 14.3. The van der Waals surface area contributed by atoms with Gasteiger partial charge in [0, 0.05) is 0 Å². The second-order valence-electron chi connectivity index (χ2n) is 9.95. The van der Waals surface area contributed by atoms with E-state index < -0.39 is 19.8 Å². The molecule has 0 amide bonds. The van der Waals surface area contributed by atoms with E-state index in [1.807, 2.05) is 0 Å². The summed E-state index contributed by atoms with van der Waals surface area (Å²) in [5.74, 6) is 0. The molecule has 0 aliphatic carbocycles. The van der Waals surface area contributed by atoms with E-state index in [0.29, 0.717) is 0 Å². The Balaban J connectivity index is 3.74. The molecule has 0 spiro atoms. The minimum atomic E-state index is -1.18. The van der Waals surface area contributed by atoms with Gasteiger partial charge in [-0.15, -0.1) is 0 Å². The molecular weight excluding hydrogens is 455 g/mol. The summed E-state index contributed by atoms with van der Waals surface area (Å²) < 4.78 is 5.21. The molecule has 0 atom stereocenters. The van der Waals surface area contributed by atoms with Crippen molar-refractivity contribution >= 4 is 19.8 Å². The van der Waals surface area contributed by atoms with Crippen LogP contribution >= 0.6 is 0 Å². The Morgan fingerprint density at radius 1 is 0.276 bits per heavy atom. The van der Waals surface area contributed by atoms with Crippen LogP contribution in [-0.4, -0.2) is 19.8 Å². The molecule has 176 valence electrons. The van der Waals surface area contributed by atoms with Crippen LogP contribution in [0.1, 0.15) is 162 Å². The second-order valence-corrected chi connectivity index (χ2v) is 19.8. The predicted octanol–water partition coefficient (Wildman–Crippen LogP) is 10.9. The van der Waals surface area contributed by atoms with E-state index in [4.69, 9.17) is 0 Å². The number of hydrogen-bond acceptors (Lipinski definition) is 0. The van der Waals surface area contributed by atoms with Crippen molar-refractivity contribution in [2.75, 3.05) is 0 Å². The van der Waals surface area contributed by atoms with Crippen molar-refractivity contribution in [3.8, 4) is 0 Å². The maximum absolute atomic E-state index is 2.33. The molecule has 0 bridgehead atoms. The fourth-order valence-corrected chi connectivity index (χ4v) is 14.7. The Labute approximate surface area is 194 Å². The van der Waals surface area contributed by atoms with Gasteiger partial charge in [0.15, 0.2) is 0 Å². The first kappa shape index (κ1) is 29.8. The molecule has 0 aromatic rings. The van der Waals surface area contributed by atoms with E-state index in [2.05, 4.69) is 20.8 Å². The number of rotatable bonds is 25. The fraction of sp³-hybridized carbons (Fsp3) is 1.00. The Kier molecular flexibility index (Phi) is 27.6. The quantitative estimate of drug-likeness (QED) is 0.0838. The zero-order valence-corrected chi connectivity index (χ0v) is 24.6. The predicted molar refractivity (Wildman–Crippen MR) is 140 cm³/mol. The number of hydrogen-bond donors (Lipinski definition) is 0. The SMILES string of the molecule is CCCCCCCCCCC[CH2][SnH]([CH2]CCCCCCC)[CH2]CCCCCCC. The molecule has 0 saturated carbocycles.